The quantitative estimate of drug-likeness (QED) is 0.874. The molecule has 0 radical (unpaired) electrons. The lowest BCUT2D eigenvalue weighted by Gasteiger charge is -2.41. The Hall–Kier alpha value is -1.02. The van der Waals surface area contributed by atoms with Gasteiger partial charge in [-0.2, -0.15) is 0 Å². The SMILES string of the molecule is CC(c1ccc(O)cc1)N(C)C1CCC(C)(C)CC1. The predicted octanol–water partition coefficient (Wildman–Crippen LogP) is 4.35. The fourth-order valence-electron chi connectivity index (χ4n) is 3.10. The molecule has 0 saturated heterocycles. The Morgan fingerprint density at radius 3 is 2.21 bits per heavy atom. The fourth-order valence-corrected chi connectivity index (χ4v) is 3.10. The topological polar surface area (TPSA) is 23.5 Å². The van der Waals surface area contributed by atoms with Gasteiger partial charge in [0.2, 0.25) is 0 Å². The van der Waals surface area contributed by atoms with E-state index in [1.807, 2.05) is 12.1 Å². The third kappa shape index (κ3) is 3.50. The molecule has 1 atom stereocenters. The van der Waals surface area contributed by atoms with Gasteiger partial charge in [-0.1, -0.05) is 26.0 Å². The monoisotopic (exact) mass is 261 g/mol. The molecule has 0 heterocycles. The minimum absolute atomic E-state index is 0.345. The van der Waals surface area contributed by atoms with Crippen LogP contribution in [0.2, 0.25) is 0 Å². The molecule has 106 valence electrons. The van der Waals surface area contributed by atoms with Crippen LogP contribution in [-0.4, -0.2) is 23.1 Å². The molecular weight excluding hydrogens is 234 g/mol. The summed E-state index contributed by atoms with van der Waals surface area (Å²) < 4.78 is 0. The Morgan fingerprint density at radius 2 is 1.68 bits per heavy atom. The average Bonchev–Trinajstić information content (AvgIpc) is 2.38. The fraction of sp³-hybridized carbons (Fsp3) is 0.647. The van der Waals surface area contributed by atoms with Crippen molar-refractivity contribution in [3.63, 3.8) is 0 Å². The van der Waals surface area contributed by atoms with Crippen LogP contribution in [0.15, 0.2) is 24.3 Å². The molecule has 0 bridgehead atoms. The number of phenolic OH excluding ortho intramolecular Hbond substituents is 1. The van der Waals surface area contributed by atoms with E-state index in [4.69, 9.17) is 0 Å². The zero-order valence-electron chi connectivity index (χ0n) is 12.7. The van der Waals surface area contributed by atoms with Crippen molar-refractivity contribution < 1.29 is 5.11 Å². The predicted molar refractivity (Wildman–Crippen MR) is 80.3 cm³/mol. The highest BCUT2D eigenvalue weighted by molar-refractivity contribution is 5.27. The van der Waals surface area contributed by atoms with Gasteiger partial charge < -0.3 is 5.11 Å². The van der Waals surface area contributed by atoms with Crippen molar-refractivity contribution in [1.82, 2.24) is 4.90 Å². The second-order valence-electron chi connectivity index (χ2n) is 6.83. The lowest BCUT2D eigenvalue weighted by molar-refractivity contribution is 0.100. The summed E-state index contributed by atoms with van der Waals surface area (Å²) >= 11 is 0. The Morgan fingerprint density at radius 1 is 1.16 bits per heavy atom. The van der Waals surface area contributed by atoms with E-state index in [0.717, 1.165) is 0 Å². The van der Waals surface area contributed by atoms with E-state index in [9.17, 15) is 5.11 Å². The molecule has 1 unspecified atom stereocenters. The summed E-state index contributed by atoms with van der Waals surface area (Å²) in [5.74, 6) is 0.345. The maximum atomic E-state index is 9.37. The first-order valence-corrected chi connectivity index (χ1v) is 7.40. The average molecular weight is 261 g/mol. The zero-order chi connectivity index (χ0) is 14.0. The van der Waals surface area contributed by atoms with Crippen LogP contribution in [-0.2, 0) is 0 Å². The van der Waals surface area contributed by atoms with Crippen molar-refractivity contribution in [3.8, 4) is 5.75 Å². The van der Waals surface area contributed by atoms with Gasteiger partial charge in [0.25, 0.3) is 0 Å². The van der Waals surface area contributed by atoms with Crippen LogP contribution in [0, 0.1) is 5.41 Å². The van der Waals surface area contributed by atoms with Gasteiger partial charge in [-0.15, -0.1) is 0 Å². The van der Waals surface area contributed by atoms with Crippen LogP contribution in [0.4, 0.5) is 0 Å². The number of benzene rings is 1. The molecule has 2 nitrogen and oxygen atoms in total. The number of hydrogen-bond acceptors (Lipinski definition) is 2. The Labute approximate surface area is 117 Å². The second kappa shape index (κ2) is 5.54. The van der Waals surface area contributed by atoms with E-state index < -0.39 is 0 Å². The summed E-state index contributed by atoms with van der Waals surface area (Å²) in [5, 5.41) is 9.37. The van der Waals surface area contributed by atoms with Crippen LogP contribution in [0.5, 0.6) is 5.75 Å². The second-order valence-corrected chi connectivity index (χ2v) is 6.83. The lowest BCUT2D eigenvalue weighted by Crippen LogP contribution is -2.38. The van der Waals surface area contributed by atoms with Crippen molar-refractivity contribution in [1.29, 1.82) is 0 Å². The molecule has 0 aliphatic heterocycles. The largest absolute Gasteiger partial charge is 0.508 e. The molecule has 1 aliphatic carbocycles. The van der Waals surface area contributed by atoms with Crippen molar-refractivity contribution in [2.24, 2.45) is 5.41 Å². The van der Waals surface area contributed by atoms with Crippen LogP contribution in [0.25, 0.3) is 0 Å². The highest BCUT2D eigenvalue weighted by atomic mass is 16.3. The molecule has 0 amide bonds. The smallest absolute Gasteiger partial charge is 0.115 e. The van der Waals surface area contributed by atoms with E-state index in [0.29, 0.717) is 23.2 Å². The first kappa shape index (κ1) is 14.4. The van der Waals surface area contributed by atoms with E-state index >= 15 is 0 Å². The maximum Gasteiger partial charge on any atom is 0.115 e. The molecule has 2 heteroatoms. The first-order chi connectivity index (χ1) is 8.89. The molecule has 0 spiro atoms. The van der Waals surface area contributed by atoms with E-state index in [-0.39, 0.29) is 0 Å². The van der Waals surface area contributed by atoms with Crippen molar-refractivity contribution in [2.45, 2.75) is 58.5 Å². The highest BCUT2D eigenvalue weighted by Gasteiger charge is 2.30. The van der Waals surface area contributed by atoms with E-state index in [1.165, 1.54) is 31.2 Å². The van der Waals surface area contributed by atoms with Crippen LogP contribution in [0.1, 0.15) is 58.1 Å². The highest BCUT2D eigenvalue weighted by Crippen LogP contribution is 2.38. The third-order valence-electron chi connectivity index (χ3n) is 4.87. The molecular formula is C17H27NO. The molecule has 1 aromatic rings. The van der Waals surface area contributed by atoms with Gasteiger partial charge in [-0.25, -0.2) is 0 Å². The first-order valence-electron chi connectivity index (χ1n) is 7.40. The van der Waals surface area contributed by atoms with Crippen LogP contribution < -0.4 is 0 Å². The molecule has 0 aromatic heterocycles. The number of rotatable bonds is 3. The van der Waals surface area contributed by atoms with Crippen LogP contribution >= 0.6 is 0 Å². The van der Waals surface area contributed by atoms with Crippen molar-refractivity contribution in [3.05, 3.63) is 29.8 Å². The molecule has 1 fully saturated rings. The van der Waals surface area contributed by atoms with Gasteiger partial charge in [0.15, 0.2) is 0 Å². The van der Waals surface area contributed by atoms with E-state index in [1.54, 1.807) is 12.1 Å². The number of nitrogens with zero attached hydrogens (tertiary/aromatic N) is 1. The zero-order valence-corrected chi connectivity index (χ0v) is 12.7. The molecule has 2 rings (SSSR count). The summed E-state index contributed by atoms with van der Waals surface area (Å²) in [6, 6.07) is 8.73. The maximum absolute atomic E-state index is 9.37. The summed E-state index contributed by atoms with van der Waals surface area (Å²) in [6.07, 6.45) is 5.24. The summed E-state index contributed by atoms with van der Waals surface area (Å²) in [4.78, 5) is 2.50. The standard InChI is InChI=1S/C17H27NO/c1-13(14-5-7-16(19)8-6-14)18(4)15-9-11-17(2,3)12-10-15/h5-8,13,15,19H,9-12H2,1-4H3. The van der Waals surface area contributed by atoms with E-state index in [2.05, 4.69) is 32.7 Å². The van der Waals surface area contributed by atoms with Crippen molar-refractivity contribution in [2.75, 3.05) is 7.05 Å². The summed E-state index contributed by atoms with van der Waals surface area (Å²) in [7, 11) is 2.24. The van der Waals surface area contributed by atoms with Crippen molar-refractivity contribution >= 4 is 0 Å². The van der Waals surface area contributed by atoms with Gasteiger partial charge in [-0.05, 0) is 62.8 Å². The van der Waals surface area contributed by atoms with Gasteiger partial charge in [-0.3, -0.25) is 4.90 Å². The molecule has 1 saturated carbocycles. The minimum atomic E-state index is 0.345. The molecule has 1 aromatic carbocycles. The number of aromatic hydroxyl groups is 1. The third-order valence-corrected chi connectivity index (χ3v) is 4.87. The summed E-state index contributed by atoms with van der Waals surface area (Å²) in [5.41, 5.74) is 1.81. The Balaban J connectivity index is 1.99. The lowest BCUT2D eigenvalue weighted by atomic mass is 9.75. The number of hydrogen-bond donors (Lipinski definition) is 1. The van der Waals surface area contributed by atoms with Gasteiger partial charge in [0.05, 0.1) is 0 Å². The normalized spacial score (nSPS) is 21.5. The minimum Gasteiger partial charge on any atom is -0.508 e. The summed E-state index contributed by atoms with van der Waals surface area (Å²) in [6.45, 7) is 7.02. The molecule has 1 N–H and O–H groups in total. The van der Waals surface area contributed by atoms with Gasteiger partial charge in [0.1, 0.15) is 5.75 Å². The number of phenols is 1. The Kier molecular flexibility index (Phi) is 4.19. The molecule has 19 heavy (non-hydrogen) atoms. The Bertz CT molecular complexity index is 400. The molecule has 1 aliphatic rings. The van der Waals surface area contributed by atoms with Gasteiger partial charge >= 0.3 is 0 Å². The van der Waals surface area contributed by atoms with Gasteiger partial charge in [0, 0.05) is 12.1 Å². The van der Waals surface area contributed by atoms with Crippen LogP contribution in [0.3, 0.4) is 0 Å².